The average Bonchev–Trinajstić information content (AvgIpc) is 2.81. The smallest absolute Gasteiger partial charge is 0.309 e. The van der Waals surface area contributed by atoms with Crippen LogP contribution in [0.25, 0.3) is 0 Å². The van der Waals surface area contributed by atoms with Crippen molar-refractivity contribution < 1.29 is 4.79 Å². The van der Waals surface area contributed by atoms with Gasteiger partial charge in [0.05, 0.1) is 6.04 Å². The highest BCUT2D eigenvalue weighted by atomic mass is 35.5. The summed E-state index contributed by atoms with van der Waals surface area (Å²) in [5.41, 5.74) is 4.97. The third-order valence-electron chi connectivity index (χ3n) is 5.34. The van der Waals surface area contributed by atoms with Crippen molar-refractivity contribution in [3.8, 4) is 0 Å². The molecule has 0 fully saturated rings. The number of carbonyl (C=O) groups is 1. The molecule has 0 radical (unpaired) electrons. The fourth-order valence-corrected chi connectivity index (χ4v) is 3.93. The van der Waals surface area contributed by atoms with E-state index >= 15 is 0 Å². The Labute approximate surface area is 194 Å². The van der Waals surface area contributed by atoms with Crippen molar-refractivity contribution in [2.75, 3.05) is 5.32 Å². The van der Waals surface area contributed by atoms with Gasteiger partial charge < -0.3 is 10.2 Å². The average molecular weight is 441 g/mol. The van der Waals surface area contributed by atoms with Crippen molar-refractivity contribution in [1.82, 2.24) is 4.90 Å². The molecular weight excluding hydrogens is 416 g/mol. The second kappa shape index (κ2) is 10.2. The number of aryl methyl sites for hydroxylation is 1. The van der Waals surface area contributed by atoms with Gasteiger partial charge in [0, 0.05) is 17.3 Å². The lowest BCUT2D eigenvalue weighted by atomic mass is 9.96. The summed E-state index contributed by atoms with van der Waals surface area (Å²) in [5.74, 6) is 0. The summed E-state index contributed by atoms with van der Waals surface area (Å²) in [4.78, 5) is 15.5. The Bertz CT molecular complexity index is 1120. The van der Waals surface area contributed by atoms with Crippen molar-refractivity contribution in [3.05, 3.63) is 136 Å². The molecule has 160 valence electrons. The van der Waals surface area contributed by atoms with Crippen LogP contribution in [-0.4, -0.2) is 10.9 Å². The Balaban J connectivity index is 1.76. The molecule has 32 heavy (non-hydrogen) atoms. The van der Waals surface area contributed by atoms with Crippen LogP contribution in [0.3, 0.4) is 0 Å². The largest absolute Gasteiger partial charge is 0.322 e. The van der Waals surface area contributed by atoms with Crippen LogP contribution >= 0.6 is 11.6 Å². The highest BCUT2D eigenvalue weighted by molar-refractivity contribution is 6.30. The van der Waals surface area contributed by atoms with E-state index < -0.39 is 0 Å². The first-order chi connectivity index (χ1) is 15.6. The van der Waals surface area contributed by atoms with E-state index in [1.165, 1.54) is 0 Å². The van der Waals surface area contributed by atoms with Gasteiger partial charge in [-0.1, -0.05) is 96.5 Å². The molecule has 3 nitrogen and oxygen atoms in total. The minimum absolute atomic E-state index is 0.164. The fraction of sp³-hybridized carbons (Fsp3) is 0.107. The number of benzene rings is 4. The van der Waals surface area contributed by atoms with Gasteiger partial charge in [-0.2, -0.15) is 0 Å². The number of nitrogens with zero attached hydrogens (tertiary/aromatic N) is 1. The number of urea groups is 1. The summed E-state index contributed by atoms with van der Waals surface area (Å²) >= 11 is 6.09. The molecule has 0 saturated heterocycles. The van der Waals surface area contributed by atoms with Gasteiger partial charge in [-0.15, -0.1) is 0 Å². The van der Waals surface area contributed by atoms with Crippen LogP contribution in [0.2, 0.25) is 5.02 Å². The SMILES string of the molecule is Cc1cccc(NC(=O)N(Cc2ccc(Cl)cc2)C(c2ccccc2)c2ccccc2)c1. The zero-order valence-corrected chi connectivity index (χ0v) is 18.7. The van der Waals surface area contributed by atoms with Crippen LogP contribution in [0.1, 0.15) is 28.3 Å². The van der Waals surface area contributed by atoms with E-state index in [0.29, 0.717) is 11.6 Å². The summed E-state index contributed by atoms with van der Waals surface area (Å²) in [7, 11) is 0. The highest BCUT2D eigenvalue weighted by Crippen LogP contribution is 2.31. The number of hydrogen-bond donors (Lipinski definition) is 1. The maximum atomic E-state index is 13.7. The number of halogens is 1. The molecule has 0 spiro atoms. The zero-order chi connectivity index (χ0) is 22.3. The van der Waals surface area contributed by atoms with Crippen molar-refractivity contribution >= 4 is 23.3 Å². The Morgan fingerprint density at radius 3 is 1.97 bits per heavy atom. The fourth-order valence-electron chi connectivity index (χ4n) is 3.81. The number of hydrogen-bond acceptors (Lipinski definition) is 1. The first-order valence-electron chi connectivity index (χ1n) is 10.6. The normalized spacial score (nSPS) is 10.7. The summed E-state index contributed by atoms with van der Waals surface area (Å²) in [6, 6.07) is 35.3. The third-order valence-corrected chi connectivity index (χ3v) is 5.59. The molecule has 2 amide bonds. The molecule has 4 heteroatoms. The molecule has 0 aliphatic rings. The second-order valence-electron chi connectivity index (χ2n) is 7.78. The van der Waals surface area contributed by atoms with E-state index in [1.807, 2.05) is 96.8 Å². The molecule has 0 heterocycles. The van der Waals surface area contributed by atoms with Gasteiger partial charge in [-0.25, -0.2) is 4.79 Å². The summed E-state index contributed by atoms with van der Waals surface area (Å²) in [6.45, 7) is 2.45. The summed E-state index contributed by atoms with van der Waals surface area (Å²) < 4.78 is 0. The molecule has 0 unspecified atom stereocenters. The minimum Gasteiger partial charge on any atom is -0.309 e. The standard InChI is InChI=1S/C28H25ClN2O/c1-21-9-8-14-26(19-21)30-28(32)31(20-22-15-17-25(29)18-16-22)27(23-10-4-2-5-11-23)24-12-6-3-7-13-24/h2-19,27H,20H2,1H3,(H,30,32). The summed E-state index contributed by atoms with van der Waals surface area (Å²) in [5, 5.41) is 3.77. The van der Waals surface area contributed by atoms with Gasteiger partial charge in [0.1, 0.15) is 0 Å². The van der Waals surface area contributed by atoms with E-state index in [4.69, 9.17) is 11.6 Å². The van der Waals surface area contributed by atoms with Crippen LogP contribution in [-0.2, 0) is 6.54 Å². The van der Waals surface area contributed by atoms with Crippen LogP contribution in [0.4, 0.5) is 10.5 Å². The van der Waals surface area contributed by atoms with Gasteiger partial charge in [-0.05, 0) is 53.4 Å². The zero-order valence-electron chi connectivity index (χ0n) is 17.9. The van der Waals surface area contributed by atoms with Crippen LogP contribution in [0.15, 0.2) is 109 Å². The highest BCUT2D eigenvalue weighted by Gasteiger charge is 2.27. The number of rotatable bonds is 6. The molecule has 1 N–H and O–H groups in total. The van der Waals surface area contributed by atoms with E-state index in [1.54, 1.807) is 0 Å². The van der Waals surface area contributed by atoms with Crippen LogP contribution < -0.4 is 5.32 Å². The molecule has 4 aromatic carbocycles. The minimum atomic E-state index is -0.252. The number of carbonyl (C=O) groups excluding carboxylic acids is 1. The maximum Gasteiger partial charge on any atom is 0.322 e. The number of anilines is 1. The topological polar surface area (TPSA) is 32.3 Å². The van der Waals surface area contributed by atoms with E-state index in [9.17, 15) is 4.79 Å². The van der Waals surface area contributed by atoms with Crippen molar-refractivity contribution in [1.29, 1.82) is 0 Å². The van der Waals surface area contributed by atoms with Crippen molar-refractivity contribution in [2.45, 2.75) is 19.5 Å². The van der Waals surface area contributed by atoms with E-state index in [2.05, 4.69) is 29.6 Å². The van der Waals surface area contributed by atoms with Gasteiger partial charge in [-0.3, -0.25) is 0 Å². The van der Waals surface area contributed by atoms with Gasteiger partial charge in [0.2, 0.25) is 0 Å². The Hall–Kier alpha value is -3.56. The Kier molecular flexibility index (Phi) is 6.88. The lowest BCUT2D eigenvalue weighted by molar-refractivity contribution is 0.194. The molecule has 4 aromatic rings. The molecular formula is C28H25ClN2O. The monoisotopic (exact) mass is 440 g/mol. The number of amides is 2. The lowest BCUT2D eigenvalue weighted by Crippen LogP contribution is -2.38. The van der Waals surface area contributed by atoms with Gasteiger partial charge >= 0.3 is 6.03 Å². The predicted molar refractivity (Wildman–Crippen MR) is 132 cm³/mol. The predicted octanol–water partition coefficient (Wildman–Crippen LogP) is 7.47. The maximum absolute atomic E-state index is 13.7. The van der Waals surface area contributed by atoms with E-state index in [-0.39, 0.29) is 12.1 Å². The van der Waals surface area contributed by atoms with Crippen LogP contribution in [0.5, 0.6) is 0 Å². The second-order valence-corrected chi connectivity index (χ2v) is 8.21. The van der Waals surface area contributed by atoms with Gasteiger partial charge in [0.25, 0.3) is 0 Å². The van der Waals surface area contributed by atoms with Crippen molar-refractivity contribution in [3.63, 3.8) is 0 Å². The molecule has 0 aliphatic heterocycles. The Morgan fingerprint density at radius 2 is 1.41 bits per heavy atom. The first-order valence-corrected chi connectivity index (χ1v) is 11.0. The van der Waals surface area contributed by atoms with Gasteiger partial charge in [0.15, 0.2) is 0 Å². The number of nitrogens with one attached hydrogen (secondary N) is 1. The molecule has 4 rings (SSSR count). The molecule has 0 aromatic heterocycles. The molecule has 0 saturated carbocycles. The van der Waals surface area contributed by atoms with Crippen molar-refractivity contribution in [2.24, 2.45) is 0 Å². The quantitative estimate of drug-likeness (QED) is 0.331. The lowest BCUT2D eigenvalue weighted by Gasteiger charge is -2.33. The summed E-state index contributed by atoms with van der Waals surface area (Å²) in [6.07, 6.45) is 0. The Morgan fingerprint density at radius 1 is 0.812 bits per heavy atom. The molecule has 0 atom stereocenters. The van der Waals surface area contributed by atoms with Crippen LogP contribution in [0, 0.1) is 6.92 Å². The first kappa shape index (κ1) is 21.7. The van der Waals surface area contributed by atoms with E-state index in [0.717, 1.165) is 27.9 Å². The molecule has 0 aliphatic carbocycles. The third kappa shape index (κ3) is 5.37. The molecule has 0 bridgehead atoms.